The maximum Gasteiger partial charge on any atom is 0.318 e. The number of carboxylic acids is 4. The SMILES string of the molecule is CC12CCC(C1)C(C(=O)O)C2C(=O)OC(=O)C1C(C(=O)O)C2CCC1(C)C2.O=C(O)C1C2CCC(C2)C1C(=O)OC(=O)C1C2CCC(C2)C1C(=O)O. The van der Waals surface area contributed by atoms with Crippen LogP contribution in [0.1, 0.15) is 90.9 Å². The molecule has 0 aromatic carbocycles. The average Bonchev–Trinajstić information content (AvgIpc) is 3.92. The van der Waals surface area contributed by atoms with Gasteiger partial charge in [-0.25, -0.2) is 0 Å². The predicted octanol–water partition coefficient (Wildman–Crippen LogP) is 3.88. The monoisotopic (exact) mass is 728 g/mol. The Balaban J connectivity index is 0.000000162. The number of carbonyl (C=O) groups excluding carboxylic acids is 4. The zero-order valence-corrected chi connectivity index (χ0v) is 29.4. The Morgan fingerprint density at radius 1 is 0.423 bits per heavy atom. The first-order chi connectivity index (χ1) is 24.5. The van der Waals surface area contributed by atoms with Crippen molar-refractivity contribution in [2.24, 2.45) is 93.7 Å². The van der Waals surface area contributed by atoms with Crippen LogP contribution in [-0.2, 0) is 47.8 Å². The molecule has 4 N–H and O–H groups in total. The van der Waals surface area contributed by atoms with Gasteiger partial charge in [-0.1, -0.05) is 13.8 Å². The number of esters is 4. The number of fused-ring (bicyclic) bond motifs is 8. The molecule has 52 heavy (non-hydrogen) atoms. The number of aliphatic carboxylic acids is 4. The summed E-state index contributed by atoms with van der Waals surface area (Å²) in [6, 6.07) is 0. The van der Waals surface area contributed by atoms with Crippen LogP contribution in [0.2, 0.25) is 0 Å². The summed E-state index contributed by atoms with van der Waals surface area (Å²) in [4.78, 5) is 97.3. The molecule has 8 aliphatic carbocycles. The molecule has 0 saturated heterocycles. The molecule has 0 radical (unpaired) electrons. The number of rotatable bonds is 8. The van der Waals surface area contributed by atoms with E-state index in [1.165, 1.54) is 0 Å². The van der Waals surface area contributed by atoms with Crippen LogP contribution in [0.15, 0.2) is 0 Å². The zero-order chi connectivity index (χ0) is 37.6. The first-order valence-electron chi connectivity index (χ1n) is 18.9. The highest BCUT2D eigenvalue weighted by Gasteiger charge is 2.64. The lowest BCUT2D eigenvalue weighted by atomic mass is 9.70. The minimum atomic E-state index is -1.02. The van der Waals surface area contributed by atoms with Gasteiger partial charge in [0.2, 0.25) is 0 Å². The summed E-state index contributed by atoms with van der Waals surface area (Å²) >= 11 is 0. The quantitative estimate of drug-likeness (QED) is 0.205. The van der Waals surface area contributed by atoms with Gasteiger partial charge in [-0.2, -0.15) is 0 Å². The number of carboxylic acid groups (broad SMARTS) is 4. The molecule has 0 aromatic rings. The molecule has 0 spiro atoms. The van der Waals surface area contributed by atoms with Gasteiger partial charge < -0.3 is 29.9 Å². The Morgan fingerprint density at radius 3 is 1.06 bits per heavy atom. The van der Waals surface area contributed by atoms with Gasteiger partial charge >= 0.3 is 47.8 Å². The van der Waals surface area contributed by atoms with E-state index in [0.717, 1.165) is 51.4 Å². The van der Waals surface area contributed by atoms with Gasteiger partial charge in [0.1, 0.15) is 0 Å². The van der Waals surface area contributed by atoms with Crippen molar-refractivity contribution in [2.75, 3.05) is 0 Å². The fraction of sp³-hybridized carbons (Fsp3) is 0.789. The maximum absolute atomic E-state index is 12.9. The van der Waals surface area contributed by atoms with E-state index in [1.807, 2.05) is 13.8 Å². The average molecular weight is 729 g/mol. The Morgan fingerprint density at radius 2 is 0.731 bits per heavy atom. The maximum atomic E-state index is 12.9. The fourth-order valence-corrected chi connectivity index (χ4v) is 13.2. The number of carbonyl (C=O) groups is 8. The predicted molar refractivity (Wildman–Crippen MR) is 173 cm³/mol. The van der Waals surface area contributed by atoms with Gasteiger partial charge in [0.25, 0.3) is 0 Å². The normalized spacial score (nSPS) is 45.7. The van der Waals surface area contributed by atoms with E-state index in [2.05, 4.69) is 0 Å². The molecule has 8 saturated carbocycles. The van der Waals surface area contributed by atoms with Crippen molar-refractivity contribution in [3.05, 3.63) is 0 Å². The zero-order valence-electron chi connectivity index (χ0n) is 29.4. The molecule has 8 bridgehead atoms. The van der Waals surface area contributed by atoms with Gasteiger partial charge in [-0.15, -0.1) is 0 Å². The second kappa shape index (κ2) is 12.9. The summed E-state index contributed by atoms with van der Waals surface area (Å²) in [5.74, 6) is -13.9. The minimum absolute atomic E-state index is 0.0237. The molecule has 8 fully saturated rings. The molecule has 16 unspecified atom stereocenters. The summed E-state index contributed by atoms with van der Waals surface area (Å²) in [5, 5.41) is 38.0. The molecule has 8 aliphatic rings. The van der Waals surface area contributed by atoms with Crippen LogP contribution in [0.4, 0.5) is 0 Å². The first kappa shape index (κ1) is 36.5. The van der Waals surface area contributed by atoms with E-state index in [9.17, 15) is 58.8 Å². The summed E-state index contributed by atoms with van der Waals surface area (Å²) in [6.45, 7) is 3.79. The van der Waals surface area contributed by atoms with Crippen molar-refractivity contribution in [1.82, 2.24) is 0 Å². The standard InChI is InChI=1S/C20H26O7.C18H22O7/c1-19-5-3-9(7-19)11(15(21)22)13(19)17(25)27-18(26)14-12(16(23)24)10-4-6-20(14,2)8-10;19-15(20)11-7-1-3-9(5-7)13(11)17(23)25-18(24)14-10-4-2-8(6-10)12(14)16(21)22/h9-14H,3-8H2,1-2H3,(H,21,22)(H,23,24);7-14H,1-6H2,(H,19,20)(H,21,22). The van der Waals surface area contributed by atoms with Crippen LogP contribution in [0.5, 0.6) is 0 Å². The highest BCUT2D eigenvalue weighted by atomic mass is 16.6. The summed E-state index contributed by atoms with van der Waals surface area (Å²) in [7, 11) is 0. The Bertz CT molecular complexity index is 1490. The smallest absolute Gasteiger partial charge is 0.318 e. The van der Waals surface area contributed by atoms with Crippen molar-refractivity contribution < 1.29 is 68.3 Å². The summed E-state index contributed by atoms with van der Waals surface area (Å²) < 4.78 is 10.3. The van der Waals surface area contributed by atoms with E-state index < -0.39 is 106 Å². The highest BCUT2D eigenvalue weighted by Crippen LogP contribution is 2.63. The van der Waals surface area contributed by atoms with Crippen molar-refractivity contribution in [2.45, 2.75) is 90.9 Å². The topological polar surface area (TPSA) is 236 Å². The molecular formula is C38H48O14. The second-order valence-electron chi connectivity index (χ2n) is 17.9. The first-order valence-corrected chi connectivity index (χ1v) is 18.9. The Kier molecular flexibility index (Phi) is 9.08. The van der Waals surface area contributed by atoms with E-state index in [-0.39, 0.29) is 35.5 Å². The van der Waals surface area contributed by atoms with E-state index >= 15 is 0 Å². The van der Waals surface area contributed by atoms with Crippen molar-refractivity contribution in [1.29, 1.82) is 0 Å². The third kappa shape index (κ3) is 5.73. The molecular weight excluding hydrogens is 680 g/mol. The molecule has 14 heteroatoms. The molecule has 14 nitrogen and oxygen atoms in total. The second-order valence-corrected chi connectivity index (χ2v) is 17.9. The van der Waals surface area contributed by atoms with Crippen LogP contribution in [0.3, 0.4) is 0 Å². The molecule has 16 atom stereocenters. The molecule has 0 aliphatic heterocycles. The highest BCUT2D eigenvalue weighted by molar-refractivity contribution is 5.94. The van der Waals surface area contributed by atoms with Crippen molar-refractivity contribution in [3.63, 3.8) is 0 Å². The van der Waals surface area contributed by atoms with Gasteiger partial charge in [-0.3, -0.25) is 38.4 Å². The van der Waals surface area contributed by atoms with E-state index in [0.29, 0.717) is 25.7 Å². The number of hydrogen-bond acceptors (Lipinski definition) is 10. The number of hydrogen-bond donors (Lipinski definition) is 4. The third-order valence-electron chi connectivity index (χ3n) is 15.3. The fourth-order valence-electron chi connectivity index (χ4n) is 13.2. The van der Waals surface area contributed by atoms with Crippen LogP contribution in [0.25, 0.3) is 0 Å². The largest absolute Gasteiger partial charge is 0.481 e. The minimum Gasteiger partial charge on any atom is -0.481 e. The van der Waals surface area contributed by atoms with Crippen LogP contribution < -0.4 is 0 Å². The lowest BCUT2D eigenvalue weighted by molar-refractivity contribution is -0.178. The van der Waals surface area contributed by atoms with Gasteiger partial charge in [0.15, 0.2) is 0 Å². The van der Waals surface area contributed by atoms with Gasteiger partial charge in [0, 0.05) is 0 Å². The molecule has 8 rings (SSSR count). The van der Waals surface area contributed by atoms with Crippen LogP contribution in [-0.4, -0.2) is 68.2 Å². The lowest BCUT2D eigenvalue weighted by Gasteiger charge is -2.35. The number of ether oxygens (including phenoxy) is 2. The molecule has 284 valence electrons. The summed E-state index contributed by atoms with van der Waals surface area (Å²) in [5.41, 5.74) is -0.925. The molecule has 0 heterocycles. The third-order valence-corrected chi connectivity index (χ3v) is 15.3. The Labute approximate surface area is 300 Å². The van der Waals surface area contributed by atoms with Crippen LogP contribution in [0, 0.1) is 93.7 Å². The molecule has 0 amide bonds. The van der Waals surface area contributed by atoms with Crippen molar-refractivity contribution >= 4 is 47.8 Å². The molecule has 0 aromatic heterocycles. The lowest BCUT2D eigenvalue weighted by Crippen LogP contribution is -2.44. The van der Waals surface area contributed by atoms with Crippen molar-refractivity contribution in [3.8, 4) is 0 Å². The summed E-state index contributed by atoms with van der Waals surface area (Å²) in [6.07, 6.45) is 8.89. The van der Waals surface area contributed by atoms with E-state index in [1.54, 1.807) is 0 Å². The van der Waals surface area contributed by atoms with E-state index in [4.69, 9.17) is 9.47 Å². The van der Waals surface area contributed by atoms with Crippen LogP contribution >= 0.6 is 0 Å². The Hall–Kier alpha value is -3.84. The van der Waals surface area contributed by atoms with Gasteiger partial charge in [-0.05, 0) is 123 Å². The van der Waals surface area contributed by atoms with Gasteiger partial charge in [0.05, 0.1) is 47.3 Å².